The van der Waals surface area contributed by atoms with Crippen molar-refractivity contribution in [1.82, 2.24) is 4.90 Å². The van der Waals surface area contributed by atoms with E-state index in [1.165, 1.54) is 11.1 Å². The lowest BCUT2D eigenvalue weighted by Crippen LogP contribution is -2.33. The van der Waals surface area contributed by atoms with Crippen LogP contribution in [0.25, 0.3) is 0 Å². The third-order valence-electron chi connectivity index (χ3n) is 4.49. The molecule has 2 aromatic rings. The van der Waals surface area contributed by atoms with Crippen molar-refractivity contribution in [1.29, 1.82) is 0 Å². The van der Waals surface area contributed by atoms with Crippen LogP contribution in [0.3, 0.4) is 0 Å². The molecule has 0 spiro atoms. The van der Waals surface area contributed by atoms with E-state index in [0.29, 0.717) is 19.8 Å². The summed E-state index contributed by atoms with van der Waals surface area (Å²) in [6.45, 7) is 6.83. The van der Waals surface area contributed by atoms with E-state index < -0.39 is 7.60 Å². The highest BCUT2D eigenvalue weighted by Gasteiger charge is 2.41. The summed E-state index contributed by atoms with van der Waals surface area (Å²) in [6.07, 6.45) is 0. The van der Waals surface area contributed by atoms with E-state index >= 15 is 0 Å². The maximum Gasteiger partial charge on any atom is 0.339 e. The van der Waals surface area contributed by atoms with Gasteiger partial charge in [-0.25, -0.2) is 0 Å². The summed E-state index contributed by atoms with van der Waals surface area (Å²) < 4.78 is 24.8. The fourth-order valence-corrected chi connectivity index (χ4v) is 5.64. The summed E-state index contributed by atoms with van der Waals surface area (Å²) in [5.41, 5.74) is 3.30. The van der Waals surface area contributed by atoms with Crippen LogP contribution in [0.15, 0.2) is 54.6 Å². The Balaban J connectivity index is 1.91. The molecule has 0 bridgehead atoms. The Labute approximate surface area is 150 Å². The number of fused-ring (bicyclic) bond motifs is 1. The van der Waals surface area contributed by atoms with Crippen molar-refractivity contribution in [2.24, 2.45) is 0 Å². The van der Waals surface area contributed by atoms with E-state index in [4.69, 9.17) is 9.05 Å². The molecule has 1 heterocycles. The molecule has 5 heteroatoms. The van der Waals surface area contributed by atoms with E-state index in [-0.39, 0.29) is 5.66 Å². The monoisotopic (exact) mass is 359 g/mol. The molecule has 0 saturated heterocycles. The van der Waals surface area contributed by atoms with E-state index in [1.54, 1.807) is 0 Å². The Hall–Kier alpha value is -1.45. The summed E-state index contributed by atoms with van der Waals surface area (Å²) >= 11 is 0. The molecule has 134 valence electrons. The van der Waals surface area contributed by atoms with Crippen molar-refractivity contribution in [2.45, 2.75) is 32.6 Å². The zero-order valence-electron chi connectivity index (χ0n) is 14.9. The minimum absolute atomic E-state index is 0.249. The molecular weight excluding hydrogens is 333 g/mol. The molecule has 1 unspecified atom stereocenters. The molecule has 0 fully saturated rings. The standard InChI is InChI=1S/C20H26NO3P/c1-3-23-25(22,24-4-2)20-16-21(14-17-10-6-5-7-11-17)15-18-12-8-9-13-19(18)20/h5-13,20H,3-4,14-16H2,1-2H3. The van der Waals surface area contributed by atoms with Gasteiger partial charge in [-0.15, -0.1) is 0 Å². The third kappa shape index (κ3) is 4.21. The van der Waals surface area contributed by atoms with Gasteiger partial charge >= 0.3 is 7.60 Å². The molecule has 1 atom stereocenters. The van der Waals surface area contributed by atoms with Gasteiger partial charge in [0, 0.05) is 19.6 Å². The average Bonchev–Trinajstić information content (AvgIpc) is 2.62. The highest BCUT2D eigenvalue weighted by Crippen LogP contribution is 2.62. The van der Waals surface area contributed by atoms with Gasteiger partial charge in [0.25, 0.3) is 0 Å². The first-order valence-corrected chi connectivity index (χ1v) is 10.5. The Morgan fingerprint density at radius 3 is 2.32 bits per heavy atom. The summed E-state index contributed by atoms with van der Waals surface area (Å²) in [5, 5.41) is 0. The Bertz CT molecular complexity index is 725. The Kier molecular flexibility index (Phi) is 6.08. The molecule has 3 rings (SSSR count). The predicted molar refractivity (Wildman–Crippen MR) is 101 cm³/mol. The first kappa shape index (κ1) is 18.3. The van der Waals surface area contributed by atoms with Crippen molar-refractivity contribution in [3.05, 3.63) is 71.3 Å². The van der Waals surface area contributed by atoms with Gasteiger partial charge in [0.1, 0.15) is 0 Å². The number of rotatable bonds is 7. The van der Waals surface area contributed by atoms with Crippen LogP contribution in [0, 0.1) is 0 Å². The van der Waals surface area contributed by atoms with Crippen LogP contribution in [0.1, 0.15) is 36.2 Å². The van der Waals surface area contributed by atoms with Crippen LogP contribution in [0.2, 0.25) is 0 Å². The second-order valence-electron chi connectivity index (χ2n) is 6.25. The first-order valence-electron chi connectivity index (χ1n) is 8.89. The maximum atomic E-state index is 13.5. The smallest absolute Gasteiger partial charge is 0.308 e. The highest BCUT2D eigenvalue weighted by molar-refractivity contribution is 7.54. The molecule has 25 heavy (non-hydrogen) atoms. The van der Waals surface area contributed by atoms with Gasteiger partial charge in [0.05, 0.1) is 18.9 Å². The number of nitrogens with zero attached hydrogens (tertiary/aromatic N) is 1. The Morgan fingerprint density at radius 2 is 1.64 bits per heavy atom. The minimum atomic E-state index is -3.21. The van der Waals surface area contributed by atoms with Gasteiger partial charge in [-0.05, 0) is 30.5 Å². The number of hydrogen-bond donors (Lipinski definition) is 0. The molecule has 2 aromatic carbocycles. The van der Waals surface area contributed by atoms with Crippen molar-refractivity contribution >= 4 is 7.60 Å². The van der Waals surface area contributed by atoms with Crippen LogP contribution in [0.5, 0.6) is 0 Å². The quantitative estimate of drug-likeness (QED) is 0.652. The second-order valence-corrected chi connectivity index (χ2v) is 8.46. The van der Waals surface area contributed by atoms with Gasteiger partial charge in [-0.1, -0.05) is 54.6 Å². The van der Waals surface area contributed by atoms with E-state index in [9.17, 15) is 4.57 Å². The van der Waals surface area contributed by atoms with E-state index in [1.807, 2.05) is 32.0 Å². The average molecular weight is 359 g/mol. The van der Waals surface area contributed by atoms with Crippen LogP contribution in [0.4, 0.5) is 0 Å². The lowest BCUT2D eigenvalue weighted by molar-refractivity contribution is 0.185. The zero-order chi connectivity index (χ0) is 17.7. The van der Waals surface area contributed by atoms with Crippen LogP contribution in [-0.2, 0) is 26.7 Å². The van der Waals surface area contributed by atoms with Crippen LogP contribution >= 0.6 is 7.60 Å². The van der Waals surface area contributed by atoms with Crippen LogP contribution in [-0.4, -0.2) is 24.7 Å². The second kappa shape index (κ2) is 8.29. The van der Waals surface area contributed by atoms with Gasteiger partial charge in [-0.2, -0.15) is 0 Å². The minimum Gasteiger partial charge on any atom is -0.308 e. The first-order chi connectivity index (χ1) is 12.2. The van der Waals surface area contributed by atoms with E-state index in [0.717, 1.165) is 18.7 Å². The molecule has 0 aliphatic carbocycles. The molecule has 0 amide bonds. The number of benzene rings is 2. The number of hydrogen-bond acceptors (Lipinski definition) is 4. The Morgan fingerprint density at radius 1 is 1.00 bits per heavy atom. The zero-order valence-corrected chi connectivity index (χ0v) is 15.8. The van der Waals surface area contributed by atoms with Gasteiger partial charge < -0.3 is 9.05 Å². The summed E-state index contributed by atoms with van der Waals surface area (Å²) in [7, 11) is -3.21. The molecule has 4 nitrogen and oxygen atoms in total. The van der Waals surface area contributed by atoms with Crippen molar-refractivity contribution in [3.8, 4) is 0 Å². The molecular formula is C20H26NO3P. The maximum absolute atomic E-state index is 13.5. The van der Waals surface area contributed by atoms with Gasteiger partial charge in [-0.3, -0.25) is 9.46 Å². The van der Waals surface area contributed by atoms with E-state index in [2.05, 4.69) is 41.3 Å². The summed E-state index contributed by atoms with van der Waals surface area (Å²) in [6, 6.07) is 18.6. The van der Waals surface area contributed by atoms with Crippen molar-refractivity contribution < 1.29 is 13.6 Å². The molecule has 1 aliphatic rings. The molecule has 1 aliphatic heterocycles. The SMILES string of the molecule is CCOP(=O)(OCC)C1CN(Cc2ccccc2)Cc2ccccc21. The predicted octanol–water partition coefficient (Wildman–Crippen LogP) is 5.01. The molecule has 0 radical (unpaired) electrons. The normalized spacial score (nSPS) is 18.1. The summed E-state index contributed by atoms with van der Waals surface area (Å²) in [5.74, 6) is 0. The largest absolute Gasteiger partial charge is 0.339 e. The molecule has 0 saturated carbocycles. The van der Waals surface area contributed by atoms with Gasteiger partial charge in [0.15, 0.2) is 0 Å². The van der Waals surface area contributed by atoms with Gasteiger partial charge in [0.2, 0.25) is 0 Å². The van der Waals surface area contributed by atoms with Crippen molar-refractivity contribution in [2.75, 3.05) is 19.8 Å². The molecule has 0 N–H and O–H groups in total. The fraction of sp³-hybridized carbons (Fsp3) is 0.400. The molecule has 0 aromatic heterocycles. The fourth-order valence-electron chi connectivity index (χ4n) is 3.46. The third-order valence-corrected chi connectivity index (χ3v) is 6.93. The topological polar surface area (TPSA) is 38.8 Å². The lowest BCUT2D eigenvalue weighted by atomic mass is 9.99. The van der Waals surface area contributed by atoms with Crippen LogP contribution < -0.4 is 0 Å². The highest BCUT2D eigenvalue weighted by atomic mass is 31.2. The van der Waals surface area contributed by atoms with Crippen molar-refractivity contribution in [3.63, 3.8) is 0 Å². The lowest BCUT2D eigenvalue weighted by Gasteiger charge is -2.37. The summed E-state index contributed by atoms with van der Waals surface area (Å²) in [4.78, 5) is 2.33.